The summed E-state index contributed by atoms with van der Waals surface area (Å²) in [5.74, 6) is -0.950. The topological polar surface area (TPSA) is 22.1 Å². The maximum atomic E-state index is 13.2. The van der Waals surface area contributed by atoms with Gasteiger partial charge in [0.2, 0.25) is 0 Å². The SMILES string of the molecule is Fc1cc(F)cc(Oc2cccc3ccnc(Cl)c23)c1. The summed E-state index contributed by atoms with van der Waals surface area (Å²) in [5.41, 5.74) is 0. The monoisotopic (exact) mass is 291 g/mol. The van der Waals surface area contributed by atoms with Crippen LogP contribution in [-0.4, -0.2) is 4.98 Å². The van der Waals surface area contributed by atoms with Crippen molar-refractivity contribution in [3.8, 4) is 11.5 Å². The number of halogens is 3. The lowest BCUT2D eigenvalue weighted by Gasteiger charge is -2.10. The fraction of sp³-hybridized carbons (Fsp3) is 0. The fourth-order valence-corrected chi connectivity index (χ4v) is 2.21. The molecule has 0 amide bonds. The Morgan fingerprint density at radius 2 is 1.75 bits per heavy atom. The molecule has 0 atom stereocenters. The van der Waals surface area contributed by atoms with Crippen LogP contribution in [0, 0.1) is 11.6 Å². The normalized spacial score (nSPS) is 10.8. The molecule has 0 bridgehead atoms. The van der Waals surface area contributed by atoms with E-state index in [1.54, 1.807) is 24.4 Å². The van der Waals surface area contributed by atoms with E-state index in [1.807, 2.05) is 6.07 Å². The second kappa shape index (κ2) is 5.06. The van der Waals surface area contributed by atoms with Crippen molar-refractivity contribution in [2.45, 2.75) is 0 Å². The standard InChI is InChI=1S/C15H8ClF2NO/c16-15-14-9(4-5-19-15)2-1-3-13(14)20-12-7-10(17)6-11(18)8-12/h1-8H. The van der Waals surface area contributed by atoms with Crippen LogP contribution in [0.2, 0.25) is 5.15 Å². The van der Waals surface area contributed by atoms with Crippen LogP contribution < -0.4 is 4.74 Å². The summed E-state index contributed by atoms with van der Waals surface area (Å²) >= 11 is 6.05. The summed E-state index contributed by atoms with van der Waals surface area (Å²) in [5, 5.41) is 1.70. The number of nitrogens with zero attached hydrogens (tertiary/aromatic N) is 1. The molecular weight excluding hydrogens is 284 g/mol. The fourth-order valence-electron chi connectivity index (χ4n) is 1.95. The lowest BCUT2D eigenvalue weighted by atomic mass is 10.1. The molecule has 2 nitrogen and oxygen atoms in total. The summed E-state index contributed by atoms with van der Waals surface area (Å²) < 4.78 is 31.9. The van der Waals surface area contributed by atoms with Gasteiger partial charge in [-0.25, -0.2) is 13.8 Å². The number of aromatic nitrogens is 1. The van der Waals surface area contributed by atoms with Crippen LogP contribution in [0.3, 0.4) is 0 Å². The van der Waals surface area contributed by atoms with Crippen molar-refractivity contribution in [2.75, 3.05) is 0 Å². The number of fused-ring (bicyclic) bond motifs is 1. The first kappa shape index (κ1) is 12.8. The van der Waals surface area contributed by atoms with Gasteiger partial charge in [0, 0.05) is 24.4 Å². The molecule has 20 heavy (non-hydrogen) atoms. The predicted molar refractivity (Wildman–Crippen MR) is 73.2 cm³/mol. The summed E-state index contributed by atoms with van der Waals surface area (Å²) in [7, 11) is 0. The maximum Gasteiger partial charge on any atom is 0.140 e. The Hall–Kier alpha value is -2.20. The summed E-state index contributed by atoms with van der Waals surface area (Å²) in [4.78, 5) is 3.98. The smallest absolute Gasteiger partial charge is 0.140 e. The van der Waals surface area contributed by atoms with Crippen molar-refractivity contribution < 1.29 is 13.5 Å². The van der Waals surface area contributed by atoms with Gasteiger partial charge in [0.1, 0.15) is 28.3 Å². The van der Waals surface area contributed by atoms with Crippen LogP contribution in [0.1, 0.15) is 0 Å². The zero-order chi connectivity index (χ0) is 14.1. The number of pyridine rings is 1. The highest BCUT2D eigenvalue weighted by Gasteiger charge is 2.09. The van der Waals surface area contributed by atoms with E-state index in [4.69, 9.17) is 16.3 Å². The van der Waals surface area contributed by atoms with Gasteiger partial charge in [0.05, 0.1) is 5.39 Å². The second-order valence-electron chi connectivity index (χ2n) is 4.16. The highest BCUT2D eigenvalue weighted by atomic mass is 35.5. The molecule has 1 heterocycles. The second-order valence-corrected chi connectivity index (χ2v) is 4.52. The average Bonchev–Trinajstić information content (AvgIpc) is 2.38. The van der Waals surface area contributed by atoms with Gasteiger partial charge in [-0.15, -0.1) is 0 Å². The molecule has 0 saturated carbocycles. The van der Waals surface area contributed by atoms with Crippen LogP contribution in [-0.2, 0) is 0 Å². The molecule has 0 saturated heterocycles. The van der Waals surface area contributed by atoms with E-state index in [0.29, 0.717) is 11.1 Å². The molecule has 0 radical (unpaired) electrons. The number of ether oxygens (including phenoxy) is 1. The van der Waals surface area contributed by atoms with Gasteiger partial charge in [-0.05, 0) is 17.5 Å². The Bertz CT molecular complexity index is 766. The Balaban J connectivity index is 2.11. The largest absolute Gasteiger partial charge is 0.456 e. The van der Waals surface area contributed by atoms with Gasteiger partial charge in [-0.1, -0.05) is 23.7 Å². The molecule has 0 fully saturated rings. The van der Waals surface area contributed by atoms with Crippen molar-refractivity contribution in [3.05, 3.63) is 65.4 Å². The summed E-state index contributed by atoms with van der Waals surface area (Å²) in [6, 6.07) is 10.0. The van der Waals surface area contributed by atoms with Crippen LogP contribution in [0.4, 0.5) is 8.78 Å². The molecule has 3 aromatic rings. The molecule has 2 aromatic carbocycles. The molecule has 0 aliphatic heterocycles. The molecule has 100 valence electrons. The van der Waals surface area contributed by atoms with Gasteiger partial charge in [-0.2, -0.15) is 0 Å². The molecule has 0 spiro atoms. The van der Waals surface area contributed by atoms with Crippen molar-refractivity contribution in [1.82, 2.24) is 4.98 Å². The quantitative estimate of drug-likeness (QED) is 0.623. The average molecular weight is 292 g/mol. The number of hydrogen-bond acceptors (Lipinski definition) is 2. The van der Waals surface area contributed by atoms with E-state index in [1.165, 1.54) is 0 Å². The molecule has 0 aliphatic carbocycles. The third kappa shape index (κ3) is 2.42. The highest BCUT2D eigenvalue weighted by Crippen LogP contribution is 2.34. The van der Waals surface area contributed by atoms with Gasteiger partial charge < -0.3 is 4.74 Å². The molecule has 3 rings (SSSR count). The van der Waals surface area contributed by atoms with E-state index in [2.05, 4.69) is 4.98 Å². The Labute approximate surface area is 118 Å². The zero-order valence-corrected chi connectivity index (χ0v) is 10.9. The van der Waals surface area contributed by atoms with E-state index >= 15 is 0 Å². The zero-order valence-electron chi connectivity index (χ0n) is 10.1. The molecule has 1 aromatic heterocycles. The first-order chi connectivity index (χ1) is 9.63. The lowest BCUT2D eigenvalue weighted by molar-refractivity contribution is 0.473. The molecule has 0 unspecified atom stereocenters. The lowest BCUT2D eigenvalue weighted by Crippen LogP contribution is -1.90. The Morgan fingerprint density at radius 3 is 2.50 bits per heavy atom. The molecule has 0 aliphatic rings. The highest BCUT2D eigenvalue weighted by molar-refractivity contribution is 6.34. The van der Waals surface area contributed by atoms with E-state index in [-0.39, 0.29) is 10.9 Å². The van der Waals surface area contributed by atoms with Crippen LogP contribution in [0.25, 0.3) is 10.8 Å². The molecular formula is C15H8ClF2NO. The first-order valence-electron chi connectivity index (χ1n) is 5.81. The number of benzene rings is 2. The Morgan fingerprint density at radius 1 is 1.00 bits per heavy atom. The number of hydrogen-bond donors (Lipinski definition) is 0. The van der Waals surface area contributed by atoms with Crippen molar-refractivity contribution >= 4 is 22.4 Å². The summed E-state index contributed by atoms with van der Waals surface area (Å²) in [6.45, 7) is 0. The maximum absolute atomic E-state index is 13.2. The number of rotatable bonds is 2. The van der Waals surface area contributed by atoms with Gasteiger partial charge in [-0.3, -0.25) is 0 Å². The van der Waals surface area contributed by atoms with Gasteiger partial charge in [0.15, 0.2) is 0 Å². The predicted octanol–water partition coefficient (Wildman–Crippen LogP) is 4.96. The van der Waals surface area contributed by atoms with Crippen LogP contribution in [0.5, 0.6) is 11.5 Å². The van der Waals surface area contributed by atoms with E-state index in [9.17, 15) is 8.78 Å². The summed E-state index contributed by atoms with van der Waals surface area (Å²) in [6.07, 6.45) is 1.58. The first-order valence-corrected chi connectivity index (χ1v) is 6.18. The van der Waals surface area contributed by atoms with E-state index < -0.39 is 11.6 Å². The van der Waals surface area contributed by atoms with Gasteiger partial charge in [0.25, 0.3) is 0 Å². The van der Waals surface area contributed by atoms with Crippen molar-refractivity contribution in [2.24, 2.45) is 0 Å². The minimum Gasteiger partial charge on any atom is -0.456 e. The molecule has 5 heteroatoms. The van der Waals surface area contributed by atoms with Crippen molar-refractivity contribution in [1.29, 1.82) is 0 Å². The third-order valence-corrected chi connectivity index (χ3v) is 3.06. The minimum atomic E-state index is -0.704. The van der Waals surface area contributed by atoms with Crippen LogP contribution in [0.15, 0.2) is 48.7 Å². The van der Waals surface area contributed by atoms with Crippen molar-refractivity contribution in [3.63, 3.8) is 0 Å². The Kier molecular flexibility index (Phi) is 3.24. The molecule has 0 N–H and O–H groups in total. The van der Waals surface area contributed by atoms with Gasteiger partial charge >= 0.3 is 0 Å². The van der Waals surface area contributed by atoms with Crippen LogP contribution >= 0.6 is 11.6 Å². The third-order valence-electron chi connectivity index (χ3n) is 2.77. The van der Waals surface area contributed by atoms with E-state index in [0.717, 1.165) is 23.6 Å². The minimum absolute atomic E-state index is 0.0647.